The maximum absolute atomic E-state index is 15.3. The molecule has 0 spiro atoms. The quantitative estimate of drug-likeness (QED) is 0.131. The van der Waals surface area contributed by atoms with Crippen LogP contribution in [0.4, 0.5) is 14.9 Å². The van der Waals surface area contributed by atoms with Crippen molar-refractivity contribution in [3.8, 4) is 22.5 Å². The third-order valence-corrected chi connectivity index (χ3v) is 8.74. The first-order chi connectivity index (χ1) is 24.9. The number of nitrogens with one attached hydrogen (secondary N) is 4. The summed E-state index contributed by atoms with van der Waals surface area (Å²) >= 11 is 0. The average molecular weight is 714 g/mol. The maximum Gasteiger partial charge on any atom is 0.407 e. The van der Waals surface area contributed by atoms with Crippen molar-refractivity contribution < 1.29 is 33.0 Å². The summed E-state index contributed by atoms with van der Waals surface area (Å²) in [4.78, 5) is 51.7. The second kappa shape index (κ2) is 17.0. The summed E-state index contributed by atoms with van der Waals surface area (Å²) in [6, 6.07) is 17.5. The molecule has 0 saturated heterocycles. The Morgan fingerprint density at radius 2 is 1.63 bits per heavy atom. The fourth-order valence-corrected chi connectivity index (χ4v) is 6.06. The predicted octanol–water partition coefficient (Wildman–Crippen LogP) is 5.85. The van der Waals surface area contributed by atoms with Gasteiger partial charge >= 0.3 is 12.1 Å². The van der Waals surface area contributed by atoms with Gasteiger partial charge in [0.05, 0.1) is 12.2 Å². The number of ether oxygens (including phenoxy) is 2. The normalized spacial score (nSPS) is 16.3. The van der Waals surface area contributed by atoms with Crippen LogP contribution in [0, 0.1) is 17.7 Å². The summed E-state index contributed by atoms with van der Waals surface area (Å²) in [5.74, 6) is -1.72. The van der Waals surface area contributed by atoms with Crippen LogP contribution < -0.4 is 16.0 Å². The van der Waals surface area contributed by atoms with E-state index in [1.807, 2.05) is 20.8 Å². The lowest BCUT2D eigenvalue weighted by molar-refractivity contribution is -0.130. The first kappa shape index (κ1) is 37.6. The number of hydrogen-bond donors (Lipinski definition) is 4. The minimum absolute atomic E-state index is 0.128. The van der Waals surface area contributed by atoms with E-state index in [0.717, 1.165) is 18.4 Å². The number of anilines is 1. The Kier molecular flexibility index (Phi) is 12.3. The largest absolute Gasteiger partial charge is 0.462 e. The zero-order valence-electron chi connectivity index (χ0n) is 29.7. The van der Waals surface area contributed by atoms with Gasteiger partial charge in [0.15, 0.2) is 0 Å². The van der Waals surface area contributed by atoms with E-state index in [1.165, 1.54) is 6.07 Å². The van der Waals surface area contributed by atoms with Crippen LogP contribution in [0.15, 0.2) is 66.7 Å². The third kappa shape index (κ3) is 10.2. The summed E-state index contributed by atoms with van der Waals surface area (Å²) < 4.78 is 25.6. The van der Waals surface area contributed by atoms with Crippen molar-refractivity contribution in [2.45, 2.75) is 71.4 Å². The number of aromatic nitrogens is 4. The molecular weight excluding hydrogens is 669 g/mol. The Bertz CT molecular complexity index is 1840. The van der Waals surface area contributed by atoms with E-state index in [9.17, 15) is 19.2 Å². The third-order valence-electron chi connectivity index (χ3n) is 8.74. The van der Waals surface area contributed by atoms with Gasteiger partial charge in [-0.15, -0.1) is 10.2 Å². The summed E-state index contributed by atoms with van der Waals surface area (Å²) in [6.45, 7) is 7.67. The van der Waals surface area contributed by atoms with Crippen molar-refractivity contribution in [2.75, 3.05) is 18.5 Å². The number of rotatable bonds is 12. The highest BCUT2D eigenvalue weighted by molar-refractivity contribution is 5.98. The van der Waals surface area contributed by atoms with Crippen LogP contribution in [0.2, 0.25) is 0 Å². The molecule has 1 unspecified atom stereocenters. The molecule has 4 aromatic rings. The van der Waals surface area contributed by atoms with Crippen LogP contribution in [0.5, 0.6) is 0 Å². The van der Waals surface area contributed by atoms with Gasteiger partial charge in [-0.25, -0.2) is 14.0 Å². The van der Waals surface area contributed by atoms with E-state index in [-0.39, 0.29) is 41.9 Å². The molecular formula is C38H44FN7O6. The summed E-state index contributed by atoms with van der Waals surface area (Å²) in [5.41, 5.74) is 1.99. The number of tetrazole rings is 1. The van der Waals surface area contributed by atoms with Crippen LogP contribution in [-0.2, 0) is 25.5 Å². The van der Waals surface area contributed by atoms with E-state index in [4.69, 9.17) is 9.47 Å². The van der Waals surface area contributed by atoms with E-state index < -0.39 is 35.4 Å². The Morgan fingerprint density at radius 3 is 2.27 bits per heavy atom. The van der Waals surface area contributed by atoms with Crippen LogP contribution in [-0.4, -0.2) is 69.3 Å². The first-order valence-electron chi connectivity index (χ1n) is 17.4. The highest BCUT2D eigenvalue weighted by atomic mass is 19.1. The lowest BCUT2D eigenvalue weighted by atomic mass is 9.81. The minimum Gasteiger partial charge on any atom is -0.462 e. The molecule has 0 radical (unpaired) electrons. The van der Waals surface area contributed by atoms with Gasteiger partial charge in [-0.05, 0) is 106 Å². The Hall–Kier alpha value is -5.66. The Labute approximate surface area is 301 Å². The molecule has 5 rings (SSSR count). The second-order valence-electron chi connectivity index (χ2n) is 13.8. The molecule has 1 aliphatic carbocycles. The molecule has 1 saturated carbocycles. The number of benzene rings is 3. The molecule has 1 aromatic heterocycles. The van der Waals surface area contributed by atoms with E-state index in [1.54, 1.807) is 67.6 Å². The number of halogens is 1. The van der Waals surface area contributed by atoms with Crippen molar-refractivity contribution in [3.63, 3.8) is 0 Å². The fourth-order valence-electron chi connectivity index (χ4n) is 6.06. The van der Waals surface area contributed by atoms with E-state index in [0.29, 0.717) is 42.0 Å². The molecule has 1 atom stereocenters. The van der Waals surface area contributed by atoms with Crippen LogP contribution in [0.25, 0.3) is 22.5 Å². The number of amides is 3. The van der Waals surface area contributed by atoms with Crippen LogP contribution in [0.1, 0.15) is 69.3 Å². The summed E-state index contributed by atoms with van der Waals surface area (Å²) in [5, 5.41) is 22.6. The molecule has 14 heteroatoms. The van der Waals surface area contributed by atoms with Gasteiger partial charge in [-0.2, -0.15) is 5.21 Å². The zero-order valence-corrected chi connectivity index (χ0v) is 29.7. The van der Waals surface area contributed by atoms with Crippen LogP contribution in [0.3, 0.4) is 0 Å². The number of esters is 1. The summed E-state index contributed by atoms with van der Waals surface area (Å²) in [6.07, 6.45) is 2.42. The lowest BCUT2D eigenvalue weighted by Crippen LogP contribution is -2.48. The molecule has 3 aromatic carbocycles. The van der Waals surface area contributed by atoms with Gasteiger partial charge in [-0.3, -0.25) is 9.59 Å². The molecule has 0 aliphatic heterocycles. The van der Waals surface area contributed by atoms with Gasteiger partial charge in [0.1, 0.15) is 17.5 Å². The van der Waals surface area contributed by atoms with Crippen molar-refractivity contribution in [1.29, 1.82) is 0 Å². The molecule has 1 aliphatic rings. The van der Waals surface area contributed by atoms with Crippen molar-refractivity contribution in [3.05, 3.63) is 83.7 Å². The van der Waals surface area contributed by atoms with E-state index >= 15 is 4.39 Å². The first-order valence-corrected chi connectivity index (χ1v) is 17.4. The van der Waals surface area contributed by atoms with Crippen molar-refractivity contribution in [2.24, 2.45) is 11.8 Å². The monoisotopic (exact) mass is 713 g/mol. The zero-order chi connectivity index (χ0) is 37.3. The molecule has 52 heavy (non-hydrogen) atoms. The molecule has 1 fully saturated rings. The molecule has 13 nitrogen and oxygen atoms in total. The average Bonchev–Trinajstić information content (AvgIpc) is 3.66. The highest BCUT2D eigenvalue weighted by Crippen LogP contribution is 2.30. The SMILES string of the molecule is CCOC(=O)c1cccc(-c2ccc(CC(NC(=O)C3CCC(CNC(=O)OC(C)(C)C)CC3)C(=O)Nc3ccc(-c4nn[nH]n4)cc3)cc2)c1F. The topological polar surface area (TPSA) is 177 Å². The molecule has 274 valence electrons. The van der Waals surface area contributed by atoms with Crippen molar-refractivity contribution in [1.82, 2.24) is 31.3 Å². The predicted molar refractivity (Wildman–Crippen MR) is 191 cm³/mol. The maximum atomic E-state index is 15.3. The van der Waals surface area contributed by atoms with Gasteiger partial charge < -0.3 is 25.4 Å². The number of alkyl carbamates (subject to hydrolysis) is 1. The Balaban J connectivity index is 1.26. The molecule has 0 bridgehead atoms. The van der Waals surface area contributed by atoms with Crippen molar-refractivity contribution >= 4 is 29.6 Å². The van der Waals surface area contributed by atoms with E-state index in [2.05, 4.69) is 36.6 Å². The standard InChI is InChI=1S/C38H44FN7O6/c1-5-51-36(49)30-8-6-7-29(32(30)39)25-13-9-23(10-14-25)21-31(35(48)41-28-19-17-26(18-20-28)33-43-45-46-44-33)42-34(47)27-15-11-24(12-16-27)22-40-37(50)52-38(2,3)4/h6-10,13-14,17-20,24,27,31H,5,11-12,15-16,21-22H2,1-4H3,(H,40,50)(H,41,48)(H,42,47)(H,43,44,45,46). The lowest BCUT2D eigenvalue weighted by Gasteiger charge is -2.29. The smallest absolute Gasteiger partial charge is 0.407 e. The fraction of sp³-hybridized carbons (Fsp3) is 0.395. The number of aromatic amines is 1. The number of hydrogen-bond acceptors (Lipinski definition) is 9. The molecule has 1 heterocycles. The van der Waals surface area contributed by atoms with Gasteiger partial charge in [0.25, 0.3) is 0 Å². The number of carbonyl (C=O) groups excluding carboxylic acids is 4. The molecule has 4 N–H and O–H groups in total. The second-order valence-corrected chi connectivity index (χ2v) is 13.8. The Morgan fingerprint density at radius 1 is 0.942 bits per heavy atom. The number of carbonyl (C=O) groups is 4. The highest BCUT2D eigenvalue weighted by Gasteiger charge is 2.30. The summed E-state index contributed by atoms with van der Waals surface area (Å²) in [7, 11) is 0. The molecule has 3 amide bonds. The van der Waals surface area contributed by atoms with Gasteiger partial charge in [0, 0.05) is 35.7 Å². The number of nitrogens with zero attached hydrogens (tertiary/aromatic N) is 3. The van der Waals surface area contributed by atoms with Crippen LogP contribution >= 0.6 is 0 Å². The van der Waals surface area contributed by atoms with Gasteiger partial charge in [0.2, 0.25) is 17.6 Å². The number of H-pyrrole nitrogens is 1. The van der Waals surface area contributed by atoms with Gasteiger partial charge in [-0.1, -0.05) is 36.4 Å². The minimum atomic E-state index is -0.925.